The molecular formula is C7H14N4O2. The van der Waals surface area contributed by atoms with E-state index in [0.717, 1.165) is 12.8 Å². The van der Waals surface area contributed by atoms with E-state index >= 15 is 0 Å². The van der Waals surface area contributed by atoms with Crippen LogP contribution in [0, 0.1) is 0 Å². The van der Waals surface area contributed by atoms with Gasteiger partial charge in [-0.15, -0.1) is 0 Å². The predicted octanol–water partition coefficient (Wildman–Crippen LogP) is -0.504. The molecule has 0 radical (unpaired) electrons. The molecular weight excluding hydrogens is 172 g/mol. The average Bonchev–Trinajstić information content (AvgIpc) is 2.33. The van der Waals surface area contributed by atoms with Crippen molar-refractivity contribution >= 4 is 12.0 Å². The number of hydrogen-bond acceptors (Lipinski definition) is 2. The Labute approximate surface area is 76.3 Å². The number of hydrogen-bond donors (Lipinski definition) is 3. The van der Waals surface area contributed by atoms with Gasteiger partial charge in [0.1, 0.15) is 5.72 Å². The Balaban J connectivity index is 2.48. The van der Waals surface area contributed by atoms with Gasteiger partial charge in [0.15, 0.2) is 5.96 Å². The number of carbonyl (C=O) groups excluding carboxylic acids is 1. The molecule has 1 fully saturated rings. The summed E-state index contributed by atoms with van der Waals surface area (Å²) in [5.41, 5.74) is 9.46. The van der Waals surface area contributed by atoms with E-state index in [2.05, 4.69) is 10.3 Å². The second-order valence-corrected chi connectivity index (χ2v) is 3.15. The molecule has 6 heteroatoms. The van der Waals surface area contributed by atoms with E-state index in [0.29, 0.717) is 6.61 Å². The molecule has 13 heavy (non-hydrogen) atoms. The van der Waals surface area contributed by atoms with Crippen molar-refractivity contribution in [2.45, 2.75) is 25.5 Å². The summed E-state index contributed by atoms with van der Waals surface area (Å²) in [6.45, 7) is 2.44. The van der Waals surface area contributed by atoms with Crippen LogP contribution in [0.3, 0.4) is 0 Å². The summed E-state index contributed by atoms with van der Waals surface area (Å²) in [5.74, 6) is -0.251. The fourth-order valence-electron chi connectivity index (χ4n) is 1.25. The van der Waals surface area contributed by atoms with Gasteiger partial charge in [-0.1, -0.05) is 0 Å². The third-order valence-electron chi connectivity index (χ3n) is 1.82. The number of carbonyl (C=O) groups is 1. The maximum Gasteiger partial charge on any atom is 0.346 e. The van der Waals surface area contributed by atoms with Crippen molar-refractivity contribution in [1.29, 1.82) is 0 Å². The van der Waals surface area contributed by atoms with Gasteiger partial charge in [0, 0.05) is 6.61 Å². The van der Waals surface area contributed by atoms with Crippen molar-refractivity contribution in [3.8, 4) is 0 Å². The van der Waals surface area contributed by atoms with Crippen LogP contribution in [0.25, 0.3) is 0 Å². The van der Waals surface area contributed by atoms with E-state index in [1.165, 1.54) is 0 Å². The molecule has 6 nitrogen and oxygen atoms in total. The van der Waals surface area contributed by atoms with E-state index < -0.39 is 11.8 Å². The quantitative estimate of drug-likeness (QED) is 0.379. The Morgan fingerprint density at radius 1 is 1.62 bits per heavy atom. The monoisotopic (exact) mass is 186 g/mol. The molecule has 0 aromatic heterocycles. The van der Waals surface area contributed by atoms with Crippen molar-refractivity contribution in [2.24, 2.45) is 16.5 Å². The molecule has 1 unspecified atom stereocenters. The van der Waals surface area contributed by atoms with Crippen molar-refractivity contribution in [1.82, 2.24) is 5.32 Å². The summed E-state index contributed by atoms with van der Waals surface area (Å²) in [6.07, 6.45) is 1.71. The minimum absolute atomic E-state index is 0.251. The van der Waals surface area contributed by atoms with Crippen molar-refractivity contribution < 1.29 is 9.53 Å². The fraction of sp³-hybridized carbons (Fsp3) is 0.714. The first-order valence-corrected chi connectivity index (χ1v) is 4.08. The maximum atomic E-state index is 11.1. The van der Waals surface area contributed by atoms with E-state index in [4.69, 9.17) is 16.2 Å². The van der Waals surface area contributed by atoms with Crippen molar-refractivity contribution in [3.63, 3.8) is 0 Å². The first kappa shape index (κ1) is 9.79. The smallest absolute Gasteiger partial charge is 0.346 e. The third-order valence-corrected chi connectivity index (χ3v) is 1.82. The van der Waals surface area contributed by atoms with Crippen LogP contribution in [-0.2, 0) is 4.74 Å². The normalized spacial score (nSPS) is 26.8. The second-order valence-electron chi connectivity index (χ2n) is 3.15. The predicted molar refractivity (Wildman–Crippen MR) is 47.9 cm³/mol. The van der Waals surface area contributed by atoms with Gasteiger partial charge in [-0.3, -0.25) is 0 Å². The van der Waals surface area contributed by atoms with Gasteiger partial charge < -0.3 is 21.5 Å². The fourth-order valence-corrected chi connectivity index (χ4v) is 1.25. The van der Waals surface area contributed by atoms with Gasteiger partial charge in [0.2, 0.25) is 0 Å². The highest BCUT2D eigenvalue weighted by Crippen LogP contribution is 2.21. The molecule has 0 spiro atoms. The zero-order chi connectivity index (χ0) is 9.90. The minimum Gasteiger partial charge on any atom is -0.370 e. The maximum absolute atomic E-state index is 11.1. The summed E-state index contributed by atoms with van der Waals surface area (Å²) >= 11 is 0. The van der Waals surface area contributed by atoms with E-state index in [1.807, 2.05) is 0 Å². The first-order valence-electron chi connectivity index (χ1n) is 4.08. The number of rotatable bonds is 1. The summed E-state index contributed by atoms with van der Waals surface area (Å²) in [5, 5.41) is 2.58. The van der Waals surface area contributed by atoms with Crippen LogP contribution in [0.2, 0.25) is 0 Å². The summed E-state index contributed by atoms with van der Waals surface area (Å²) < 4.78 is 5.31. The number of nitrogens with one attached hydrogen (secondary N) is 1. The van der Waals surface area contributed by atoms with Crippen LogP contribution in [0.15, 0.2) is 4.99 Å². The first-order chi connectivity index (χ1) is 6.02. The van der Waals surface area contributed by atoms with Gasteiger partial charge >= 0.3 is 6.03 Å². The lowest BCUT2D eigenvalue weighted by molar-refractivity contribution is 0.00246. The SMILES string of the molecule is CC1(NC(=O)N=C(N)N)CCCO1. The summed E-state index contributed by atoms with van der Waals surface area (Å²) in [7, 11) is 0. The molecule has 1 saturated heterocycles. The third kappa shape index (κ3) is 2.90. The molecule has 1 aliphatic rings. The molecule has 0 aromatic rings. The number of urea groups is 1. The highest BCUT2D eigenvalue weighted by Gasteiger charge is 2.31. The highest BCUT2D eigenvalue weighted by atomic mass is 16.5. The molecule has 0 bridgehead atoms. The van der Waals surface area contributed by atoms with Crippen LogP contribution in [0.5, 0.6) is 0 Å². The lowest BCUT2D eigenvalue weighted by Gasteiger charge is -2.22. The minimum atomic E-state index is -0.615. The lowest BCUT2D eigenvalue weighted by Crippen LogP contribution is -2.45. The summed E-state index contributed by atoms with van der Waals surface area (Å²) in [6, 6.07) is -0.565. The van der Waals surface area contributed by atoms with Crippen LogP contribution in [0.1, 0.15) is 19.8 Å². The van der Waals surface area contributed by atoms with Gasteiger partial charge in [0.05, 0.1) is 0 Å². The molecule has 0 saturated carbocycles. The molecule has 0 aromatic carbocycles. The highest BCUT2D eigenvalue weighted by molar-refractivity contribution is 5.90. The Hall–Kier alpha value is -1.30. The number of ether oxygens (including phenoxy) is 1. The van der Waals surface area contributed by atoms with Crippen molar-refractivity contribution in [2.75, 3.05) is 6.61 Å². The zero-order valence-electron chi connectivity index (χ0n) is 7.54. The topological polar surface area (TPSA) is 103 Å². The number of nitrogens with two attached hydrogens (primary N) is 2. The Morgan fingerprint density at radius 2 is 2.31 bits per heavy atom. The Morgan fingerprint density at radius 3 is 2.77 bits per heavy atom. The molecule has 1 aliphatic heterocycles. The number of guanidine groups is 1. The molecule has 1 heterocycles. The van der Waals surface area contributed by atoms with Gasteiger partial charge in [-0.2, -0.15) is 4.99 Å². The largest absolute Gasteiger partial charge is 0.370 e. The Kier molecular flexibility index (Phi) is 2.72. The second kappa shape index (κ2) is 3.61. The molecule has 1 atom stereocenters. The molecule has 1 rings (SSSR count). The standard InChI is InChI=1S/C7H14N4O2/c1-7(3-2-4-13-7)11-6(12)10-5(8)9/h2-4H2,1H3,(H5,8,9,10,11,12). The lowest BCUT2D eigenvalue weighted by atomic mass is 10.2. The van der Waals surface area contributed by atoms with Gasteiger partial charge in [-0.25, -0.2) is 4.79 Å². The van der Waals surface area contributed by atoms with E-state index in [9.17, 15) is 4.79 Å². The molecule has 2 amide bonds. The molecule has 74 valence electrons. The number of nitrogens with zero attached hydrogens (tertiary/aromatic N) is 1. The van der Waals surface area contributed by atoms with Crippen LogP contribution >= 0.6 is 0 Å². The number of amides is 2. The average molecular weight is 186 g/mol. The summed E-state index contributed by atoms with van der Waals surface area (Å²) in [4.78, 5) is 14.4. The number of aliphatic imine (C=N–C) groups is 1. The van der Waals surface area contributed by atoms with Crippen LogP contribution < -0.4 is 16.8 Å². The van der Waals surface area contributed by atoms with Gasteiger partial charge in [0.25, 0.3) is 0 Å². The van der Waals surface area contributed by atoms with Crippen molar-refractivity contribution in [3.05, 3.63) is 0 Å². The van der Waals surface area contributed by atoms with Gasteiger partial charge in [-0.05, 0) is 19.8 Å². The molecule has 5 N–H and O–H groups in total. The Bertz CT molecular complexity index is 229. The van der Waals surface area contributed by atoms with E-state index in [1.54, 1.807) is 6.92 Å². The van der Waals surface area contributed by atoms with E-state index in [-0.39, 0.29) is 5.96 Å². The molecule has 0 aliphatic carbocycles. The zero-order valence-corrected chi connectivity index (χ0v) is 7.54. The van der Waals surface area contributed by atoms with Crippen LogP contribution in [0.4, 0.5) is 4.79 Å². The van der Waals surface area contributed by atoms with Crippen LogP contribution in [-0.4, -0.2) is 24.3 Å².